The number of benzene rings is 2. The van der Waals surface area contributed by atoms with E-state index in [-0.39, 0.29) is 5.91 Å². The molecule has 0 bridgehead atoms. The number of carbonyl (C=O) groups excluding carboxylic acids is 2. The number of esters is 1. The van der Waals surface area contributed by atoms with Crippen molar-refractivity contribution in [2.45, 2.75) is 6.92 Å². The van der Waals surface area contributed by atoms with Crippen molar-refractivity contribution in [2.24, 2.45) is 0 Å². The Hall–Kier alpha value is -2.88. The molecule has 21 heavy (non-hydrogen) atoms. The zero-order valence-electron chi connectivity index (χ0n) is 11.6. The third-order valence-electron chi connectivity index (χ3n) is 2.60. The van der Waals surface area contributed by atoms with Crippen LogP contribution in [0.4, 0.5) is 5.69 Å². The first-order valence-electron chi connectivity index (χ1n) is 6.46. The van der Waals surface area contributed by atoms with Crippen LogP contribution in [0.3, 0.4) is 0 Å². The summed E-state index contributed by atoms with van der Waals surface area (Å²) in [5.74, 6) is -0.177. The van der Waals surface area contributed by atoms with Crippen LogP contribution in [0.25, 0.3) is 6.08 Å². The van der Waals surface area contributed by atoms with Gasteiger partial charge in [-0.25, -0.2) is 4.79 Å². The number of nitrogens with one attached hydrogen (secondary N) is 1. The van der Waals surface area contributed by atoms with Gasteiger partial charge in [-0.1, -0.05) is 30.3 Å². The SMILES string of the molecule is CC(=O)Nc1ccc(OC(=O)/C=C/c2ccccc2)cc1. The lowest BCUT2D eigenvalue weighted by molar-refractivity contribution is -0.128. The Labute approximate surface area is 123 Å². The molecule has 2 aromatic rings. The van der Waals surface area contributed by atoms with E-state index in [1.165, 1.54) is 13.0 Å². The number of rotatable bonds is 4. The lowest BCUT2D eigenvalue weighted by Gasteiger charge is -2.04. The maximum atomic E-state index is 11.7. The third kappa shape index (κ3) is 4.95. The molecular formula is C17H15NO3. The molecule has 0 saturated heterocycles. The van der Waals surface area contributed by atoms with E-state index in [4.69, 9.17) is 4.74 Å². The minimum Gasteiger partial charge on any atom is -0.423 e. The molecule has 0 aliphatic carbocycles. The van der Waals surface area contributed by atoms with Gasteiger partial charge in [0.2, 0.25) is 5.91 Å². The van der Waals surface area contributed by atoms with Gasteiger partial charge in [-0.15, -0.1) is 0 Å². The highest BCUT2D eigenvalue weighted by molar-refractivity contribution is 5.90. The van der Waals surface area contributed by atoms with Crippen LogP contribution in [0.5, 0.6) is 5.75 Å². The molecule has 1 N–H and O–H groups in total. The molecule has 0 spiro atoms. The molecule has 0 atom stereocenters. The fraction of sp³-hybridized carbons (Fsp3) is 0.0588. The summed E-state index contributed by atoms with van der Waals surface area (Å²) in [5.41, 5.74) is 1.58. The zero-order chi connectivity index (χ0) is 15.1. The highest BCUT2D eigenvalue weighted by atomic mass is 16.5. The molecule has 0 aliphatic rings. The van der Waals surface area contributed by atoms with Crippen LogP contribution in [0, 0.1) is 0 Å². The van der Waals surface area contributed by atoms with Crippen molar-refractivity contribution >= 4 is 23.6 Å². The fourth-order valence-electron chi connectivity index (χ4n) is 1.69. The van der Waals surface area contributed by atoms with E-state index in [2.05, 4.69) is 5.32 Å². The second kappa shape index (κ2) is 7.05. The third-order valence-corrected chi connectivity index (χ3v) is 2.60. The van der Waals surface area contributed by atoms with Crippen molar-refractivity contribution in [3.8, 4) is 5.75 Å². The van der Waals surface area contributed by atoms with Crippen molar-refractivity contribution in [2.75, 3.05) is 5.32 Å². The van der Waals surface area contributed by atoms with Crippen LogP contribution in [0.15, 0.2) is 60.7 Å². The Morgan fingerprint density at radius 1 is 1.00 bits per heavy atom. The monoisotopic (exact) mass is 281 g/mol. The molecule has 4 heteroatoms. The molecule has 0 aliphatic heterocycles. The van der Waals surface area contributed by atoms with Gasteiger partial charge in [-0.3, -0.25) is 4.79 Å². The smallest absolute Gasteiger partial charge is 0.336 e. The summed E-state index contributed by atoms with van der Waals surface area (Å²) in [4.78, 5) is 22.6. The molecular weight excluding hydrogens is 266 g/mol. The van der Waals surface area contributed by atoms with Crippen LogP contribution < -0.4 is 10.1 Å². The summed E-state index contributed by atoms with van der Waals surface area (Å²) in [6.07, 6.45) is 3.06. The van der Waals surface area contributed by atoms with Crippen molar-refractivity contribution in [3.63, 3.8) is 0 Å². The van der Waals surface area contributed by atoms with Crippen molar-refractivity contribution in [1.29, 1.82) is 0 Å². The second-order valence-corrected chi connectivity index (χ2v) is 4.37. The predicted molar refractivity (Wildman–Crippen MR) is 81.9 cm³/mol. The van der Waals surface area contributed by atoms with Gasteiger partial charge in [0.25, 0.3) is 0 Å². The molecule has 1 amide bonds. The summed E-state index contributed by atoms with van der Waals surface area (Å²) in [7, 11) is 0. The molecule has 0 radical (unpaired) electrons. The topological polar surface area (TPSA) is 55.4 Å². The quantitative estimate of drug-likeness (QED) is 0.531. The van der Waals surface area contributed by atoms with E-state index in [0.29, 0.717) is 11.4 Å². The van der Waals surface area contributed by atoms with Crippen molar-refractivity contribution in [1.82, 2.24) is 0 Å². The first-order chi connectivity index (χ1) is 10.1. The molecule has 2 rings (SSSR count). The van der Waals surface area contributed by atoms with Gasteiger partial charge in [-0.2, -0.15) is 0 Å². The average Bonchev–Trinajstić information content (AvgIpc) is 2.48. The van der Waals surface area contributed by atoms with Crippen LogP contribution in [-0.4, -0.2) is 11.9 Å². The minimum atomic E-state index is -0.453. The van der Waals surface area contributed by atoms with Gasteiger partial charge in [0.05, 0.1) is 0 Å². The van der Waals surface area contributed by atoms with Crippen LogP contribution in [-0.2, 0) is 9.59 Å². The molecule has 0 fully saturated rings. The lowest BCUT2D eigenvalue weighted by atomic mass is 10.2. The first kappa shape index (κ1) is 14.5. The Kier molecular flexibility index (Phi) is 4.88. The molecule has 0 saturated carbocycles. The Balaban J connectivity index is 1.93. The van der Waals surface area contributed by atoms with E-state index in [1.54, 1.807) is 30.3 Å². The van der Waals surface area contributed by atoms with Gasteiger partial charge >= 0.3 is 5.97 Å². The zero-order valence-corrected chi connectivity index (χ0v) is 11.6. The number of carbonyl (C=O) groups is 2. The number of anilines is 1. The normalized spacial score (nSPS) is 10.3. The maximum Gasteiger partial charge on any atom is 0.336 e. The summed E-state index contributed by atoms with van der Waals surface area (Å²) < 4.78 is 5.16. The highest BCUT2D eigenvalue weighted by Crippen LogP contribution is 2.16. The summed E-state index contributed by atoms with van der Waals surface area (Å²) in [5, 5.41) is 2.64. The first-order valence-corrected chi connectivity index (χ1v) is 6.46. The van der Waals surface area contributed by atoms with E-state index in [1.807, 2.05) is 30.3 Å². The van der Waals surface area contributed by atoms with E-state index < -0.39 is 5.97 Å². The molecule has 0 heterocycles. The molecule has 106 valence electrons. The second-order valence-electron chi connectivity index (χ2n) is 4.37. The minimum absolute atomic E-state index is 0.148. The van der Waals surface area contributed by atoms with Gasteiger partial charge in [0.15, 0.2) is 0 Å². The average molecular weight is 281 g/mol. The lowest BCUT2D eigenvalue weighted by Crippen LogP contribution is -2.06. The van der Waals surface area contributed by atoms with Crippen molar-refractivity contribution in [3.05, 3.63) is 66.2 Å². The molecule has 0 unspecified atom stereocenters. The van der Waals surface area contributed by atoms with Gasteiger partial charge in [-0.05, 0) is 35.9 Å². The Bertz CT molecular complexity index is 645. The fourth-order valence-corrected chi connectivity index (χ4v) is 1.69. The van der Waals surface area contributed by atoms with Gasteiger partial charge < -0.3 is 10.1 Å². The Morgan fingerprint density at radius 3 is 2.29 bits per heavy atom. The Morgan fingerprint density at radius 2 is 1.67 bits per heavy atom. The highest BCUT2D eigenvalue weighted by Gasteiger charge is 2.01. The van der Waals surface area contributed by atoms with E-state index >= 15 is 0 Å². The van der Waals surface area contributed by atoms with E-state index in [9.17, 15) is 9.59 Å². The molecule has 2 aromatic carbocycles. The number of amides is 1. The van der Waals surface area contributed by atoms with Gasteiger partial charge in [0.1, 0.15) is 5.75 Å². The van der Waals surface area contributed by atoms with Crippen LogP contribution in [0.2, 0.25) is 0 Å². The van der Waals surface area contributed by atoms with Crippen LogP contribution >= 0.6 is 0 Å². The molecule has 4 nitrogen and oxygen atoms in total. The summed E-state index contributed by atoms with van der Waals surface area (Å²) in [6.45, 7) is 1.43. The van der Waals surface area contributed by atoms with Gasteiger partial charge in [0, 0.05) is 18.7 Å². The maximum absolute atomic E-state index is 11.7. The number of ether oxygens (including phenoxy) is 1. The number of hydrogen-bond donors (Lipinski definition) is 1. The molecule has 0 aromatic heterocycles. The summed E-state index contributed by atoms with van der Waals surface area (Å²) >= 11 is 0. The van der Waals surface area contributed by atoms with Crippen molar-refractivity contribution < 1.29 is 14.3 Å². The standard InChI is InChI=1S/C17H15NO3/c1-13(19)18-15-8-10-16(11-9-15)21-17(20)12-7-14-5-3-2-4-6-14/h2-12H,1H3,(H,18,19)/b12-7+. The van der Waals surface area contributed by atoms with Crippen LogP contribution in [0.1, 0.15) is 12.5 Å². The summed E-state index contributed by atoms with van der Waals surface area (Å²) in [6, 6.07) is 16.1. The number of hydrogen-bond acceptors (Lipinski definition) is 3. The predicted octanol–water partition coefficient (Wildman–Crippen LogP) is 3.26. The largest absolute Gasteiger partial charge is 0.423 e. The van der Waals surface area contributed by atoms with E-state index in [0.717, 1.165) is 5.56 Å².